The van der Waals surface area contributed by atoms with Crippen molar-refractivity contribution >= 4 is 45.5 Å². The molecule has 0 aliphatic rings. The lowest BCUT2D eigenvalue weighted by Crippen LogP contribution is -2.37. The fourth-order valence-corrected chi connectivity index (χ4v) is 3.10. The summed E-state index contributed by atoms with van der Waals surface area (Å²) in [6, 6.07) is 13.3. The molecule has 0 aromatic heterocycles. The number of rotatable bonds is 7. The fraction of sp³-hybridized carbons (Fsp3) is 0.278. The minimum absolute atomic E-state index is 0. The second-order valence-corrected chi connectivity index (χ2v) is 7.92. The quantitative estimate of drug-likeness (QED) is 0.192. The Morgan fingerprint density at radius 3 is 2.32 bits per heavy atom. The van der Waals surface area contributed by atoms with Gasteiger partial charge < -0.3 is 10.6 Å². The van der Waals surface area contributed by atoms with Crippen LogP contribution in [0, 0.1) is 10.1 Å². The molecule has 10 heteroatoms. The average Bonchev–Trinajstić information content (AvgIpc) is 2.64. The van der Waals surface area contributed by atoms with E-state index < -0.39 is 14.8 Å². The van der Waals surface area contributed by atoms with Crippen molar-refractivity contribution in [2.45, 2.75) is 17.9 Å². The fourth-order valence-electron chi connectivity index (χ4n) is 2.47. The van der Waals surface area contributed by atoms with E-state index in [-0.39, 0.29) is 36.2 Å². The second kappa shape index (κ2) is 11.0. The van der Waals surface area contributed by atoms with Crippen LogP contribution in [-0.2, 0) is 22.8 Å². The summed E-state index contributed by atoms with van der Waals surface area (Å²) in [5.74, 6) is 0.529. The summed E-state index contributed by atoms with van der Waals surface area (Å²) in [6.45, 7) is 0.856. The van der Waals surface area contributed by atoms with Crippen LogP contribution >= 0.6 is 24.0 Å². The van der Waals surface area contributed by atoms with Gasteiger partial charge in [-0.1, -0.05) is 30.3 Å². The van der Waals surface area contributed by atoms with Gasteiger partial charge in [-0.15, -0.1) is 24.0 Å². The van der Waals surface area contributed by atoms with E-state index in [0.29, 0.717) is 29.4 Å². The first-order valence-corrected chi connectivity index (χ1v) is 10.2. The molecule has 0 saturated carbocycles. The number of hydrogen-bond acceptors (Lipinski definition) is 5. The maximum Gasteiger partial charge on any atom is 0.274 e. The number of nitrogens with zero attached hydrogens (tertiary/aromatic N) is 2. The van der Waals surface area contributed by atoms with Crippen molar-refractivity contribution in [1.29, 1.82) is 0 Å². The van der Waals surface area contributed by atoms with Gasteiger partial charge in [0.1, 0.15) is 0 Å². The molecule has 2 aromatic rings. The van der Waals surface area contributed by atoms with Crippen molar-refractivity contribution < 1.29 is 13.3 Å². The zero-order valence-corrected chi connectivity index (χ0v) is 18.7. The number of nitrogens with one attached hydrogen (secondary N) is 2. The monoisotopic (exact) mass is 518 g/mol. The Kier molecular flexibility index (Phi) is 9.32. The highest BCUT2D eigenvalue weighted by molar-refractivity contribution is 14.0. The van der Waals surface area contributed by atoms with Crippen molar-refractivity contribution in [3.63, 3.8) is 0 Å². The van der Waals surface area contributed by atoms with E-state index in [4.69, 9.17) is 0 Å². The van der Waals surface area contributed by atoms with Gasteiger partial charge in [0.25, 0.3) is 5.69 Å². The lowest BCUT2D eigenvalue weighted by Gasteiger charge is -2.12. The van der Waals surface area contributed by atoms with Gasteiger partial charge >= 0.3 is 0 Å². The number of nitro benzene ring substituents is 1. The molecule has 0 saturated heterocycles. The van der Waals surface area contributed by atoms with Crippen LogP contribution in [0.2, 0.25) is 0 Å². The van der Waals surface area contributed by atoms with E-state index in [0.717, 1.165) is 5.56 Å². The molecule has 0 aliphatic heterocycles. The molecule has 2 N–H and O–H groups in total. The number of sulfone groups is 1. The predicted molar refractivity (Wildman–Crippen MR) is 120 cm³/mol. The summed E-state index contributed by atoms with van der Waals surface area (Å²) in [6.07, 6.45) is 1.85. The van der Waals surface area contributed by atoms with E-state index in [1.54, 1.807) is 49.5 Å². The number of para-hydroxylation sites is 1. The molecule has 2 aromatic carbocycles. The second-order valence-electron chi connectivity index (χ2n) is 5.90. The van der Waals surface area contributed by atoms with Crippen molar-refractivity contribution in [3.05, 3.63) is 69.8 Å². The molecular formula is C18H23IN4O4S. The Labute approximate surface area is 181 Å². The van der Waals surface area contributed by atoms with E-state index in [2.05, 4.69) is 15.6 Å². The number of guanidine groups is 1. The zero-order chi connectivity index (χ0) is 19.9. The van der Waals surface area contributed by atoms with Crippen LogP contribution in [0.3, 0.4) is 0 Å². The predicted octanol–water partition coefficient (Wildman–Crippen LogP) is 2.52. The normalized spacial score (nSPS) is 11.4. The van der Waals surface area contributed by atoms with Gasteiger partial charge in [0, 0.05) is 38.0 Å². The molecular weight excluding hydrogens is 495 g/mol. The highest BCUT2D eigenvalue weighted by Gasteiger charge is 2.12. The van der Waals surface area contributed by atoms with Crippen LogP contribution in [0.25, 0.3) is 0 Å². The highest BCUT2D eigenvalue weighted by atomic mass is 127. The lowest BCUT2D eigenvalue weighted by atomic mass is 10.1. The Morgan fingerprint density at radius 2 is 1.75 bits per heavy atom. The largest absolute Gasteiger partial charge is 0.356 e. The van der Waals surface area contributed by atoms with Gasteiger partial charge in [0.15, 0.2) is 15.8 Å². The van der Waals surface area contributed by atoms with Crippen molar-refractivity contribution in [1.82, 2.24) is 10.6 Å². The van der Waals surface area contributed by atoms with Gasteiger partial charge in [-0.3, -0.25) is 15.1 Å². The lowest BCUT2D eigenvalue weighted by molar-refractivity contribution is -0.385. The van der Waals surface area contributed by atoms with Crippen LogP contribution in [0.5, 0.6) is 0 Å². The SMILES string of the molecule is CN=C(NCCc1ccc(S(C)(=O)=O)cc1)NCc1ccccc1[N+](=O)[O-].I. The van der Waals surface area contributed by atoms with E-state index >= 15 is 0 Å². The molecule has 0 atom stereocenters. The smallest absolute Gasteiger partial charge is 0.274 e. The molecule has 2 rings (SSSR count). The maximum absolute atomic E-state index is 11.5. The molecule has 8 nitrogen and oxygen atoms in total. The van der Waals surface area contributed by atoms with E-state index in [1.807, 2.05) is 0 Å². The average molecular weight is 518 g/mol. The summed E-state index contributed by atoms with van der Waals surface area (Å²) in [5, 5.41) is 17.2. The van der Waals surface area contributed by atoms with Crippen molar-refractivity contribution in [2.75, 3.05) is 19.8 Å². The Morgan fingerprint density at radius 1 is 1.11 bits per heavy atom. The maximum atomic E-state index is 11.5. The zero-order valence-electron chi connectivity index (χ0n) is 15.6. The molecule has 0 radical (unpaired) electrons. The number of benzene rings is 2. The van der Waals surface area contributed by atoms with Crippen LogP contribution < -0.4 is 10.6 Å². The topological polar surface area (TPSA) is 114 Å². The van der Waals surface area contributed by atoms with Crippen LogP contribution in [-0.4, -0.2) is 39.1 Å². The number of halogens is 1. The summed E-state index contributed by atoms with van der Waals surface area (Å²) >= 11 is 0. The Bertz CT molecular complexity index is 931. The standard InChI is InChI=1S/C18H22N4O4S.HI/c1-19-18(21-13-15-5-3-4-6-17(15)22(23)24)20-12-11-14-7-9-16(10-8-14)27(2,25)26;/h3-10H,11-13H2,1-2H3,(H2,19,20,21);1H. The first-order valence-electron chi connectivity index (χ1n) is 8.27. The summed E-state index contributed by atoms with van der Waals surface area (Å²) in [4.78, 5) is 15.0. The number of nitro groups is 1. The van der Waals surface area contributed by atoms with Gasteiger partial charge in [-0.25, -0.2) is 8.42 Å². The molecule has 0 aliphatic carbocycles. The highest BCUT2D eigenvalue weighted by Crippen LogP contribution is 2.17. The summed E-state index contributed by atoms with van der Waals surface area (Å²) in [7, 11) is -1.57. The molecule has 0 heterocycles. The van der Waals surface area contributed by atoms with Gasteiger partial charge in [-0.2, -0.15) is 0 Å². The van der Waals surface area contributed by atoms with Crippen LogP contribution in [0.15, 0.2) is 58.4 Å². The molecule has 0 fully saturated rings. The molecule has 0 amide bonds. The first-order chi connectivity index (χ1) is 12.8. The first kappa shape index (κ1) is 23.8. The van der Waals surface area contributed by atoms with Gasteiger partial charge in [0.05, 0.1) is 9.82 Å². The minimum Gasteiger partial charge on any atom is -0.356 e. The third-order valence-corrected chi connectivity index (χ3v) is 5.04. The van der Waals surface area contributed by atoms with Crippen molar-refractivity contribution in [2.24, 2.45) is 4.99 Å². The molecule has 152 valence electrons. The third kappa shape index (κ3) is 7.08. The molecule has 0 bridgehead atoms. The van der Waals surface area contributed by atoms with Gasteiger partial charge in [-0.05, 0) is 24.1 Å². The number of hydrogen-bond donors (Lipinski definition) is 2. The molecule has 0 unspecified atom stereocenters. The Balaban J connectivity index is 0.00000392. The van der Waals surface area contributed by atoms with Crippen LogP contribution in [0.1, 0.15) is 11.1 Å². The van der Waals surface area contributed by atoms with Crippen LogP contribution in [0.4, 0.5) is 5.69 Å². The van der Waals surface area contributed by atoms with E-state index in [9.17, 15) is 18.5 Å². The minimum atomic E-state index is -3.19. The number of aliphatic imine (C=N–C) groups is 1. The molecule has 0 spiro atoms. The summed E-state index contributed by atoms with van der Waals surface area (Å²) in [5.41, 5.74) is 1.62. The van der Waals surface area contributed by atoms with Gasteiger partial charge in [0.2, 0.25) is 0 Å². The summed E-state index contributed by atoms with van der Waals surface area (Å²) < 4.78 is 22.9. The molecule has 28 heavy (non-hydrogen) atoms. The van der Waals surface area contributed by atoms with Crippen molar-refractivity contribution in [3.8, 4) is 0 Å². The van der Waals surface area contributed by atoms with E-state index in [1.165, 1.54) is 12.3 Å². The Hall–Kier alpha value is -2.21. The third-order valence-electron chi connectivity index (χ3n) is 3.92.